The number of fused-ring (bicyclic) bond motifs is 1. The van der Waals surface area contributed by atoms with Gasteiger partial charge in [-0.1, -0.05) is 18.2 Å². The maximum atomic E-state index is 12.9. The fraction of sp³-hybridized carbons (Fsp3) is 0.333. The number of alkyl halides is 3. The van der Waals surface area contributed by atoms with Gasteiger partial charge in [0.05, 0.1) is 5.92 Å². The van der Waals surface area contributed by atoms with Crippen LogP contribution in [-0.2, 0) is 0 Å². The molecule has 0 aliphatic heterocycles. The van der Waals surface area contributed by atoms with E-state index in [-0.39, 0.29) is 5.56 Å². The van der Waals surface area contributed by atoms with Gasteiger partial charge in [0.2, 0.25) is 0 Å². The van der Waals surface area contributed by atoms with Crippen LogP contribution >= 0.6 is 0 Å². The van der Waals surface area contributed by atoms with Crippen molar-refractivity contribution in [1.82, 2.24) is 4.98 Å². The van der Waals surface area contributed by atoms with Crippen molar-refractivity contribution in [2.24, 2.45) is 5.73 Å². The minimum atomic E-state index is -4.32. The lowest BCUT2D eigenvalue weighted by molar-refractivity contribution is -0.147. The molecule has 2 aromatic rings. The molecule has 2 nitrogen and oxygen atoms in total. The first-order valence-electron chi connectivity index (χ1n) is 5.29. The van der Waals surface area contributed by atoms with E-state index in [1.807, 2.05) is 0 Å². The first-order valence-corrected chi connectivity index (χ1v) is 5.29. The Hall–Kier alpha value is -1.49. The molecule has 1 aromatic heterocycles. The van der Waals surface area contributed by atoms with Gasteiger partial charge in [0.1, 0.15) is 0 Å². The number of halogens is 3. The van der Waals surface area contributed by atoms with Crippen molar-refractivity contribution in [3.63, 3.8) is 0 Å². The number of nitrogens with one attached hydrogen (secondary N) is 1. The average molecular weight is 242 g/mol. The molecule has 0 radical (unpaired) electrons. The highest BCUT2D eigenvalue weighted by atomic mass is 19.4. The summed E-state index contributed by atoms with van der Waals surface area (Å²) in [6.45, 7) is 1.20. The Labute approximate surface area is 96.6 Å². The van der Waals surface area contributed by atoms with E-state index >= 15 is 0 Å². The number of H-pyrrole nitrogens is 1. The molecular weight excluding hydrogens is 229 g/mol. The molecule has 0 amide bonds. The number of hydrogen-bond donors (Lipinski definition) is 2. The number of nitrogens with two attached hydrogens (primary N) is 1. The van der Waals surface area contributed by atoms with Gasteiger partial charge in [-0.15, -0.1) is 0 Å². The molecule has 17 heavy (non-hydrogen) atoms. The van der Waals surface area contributed by atoms with Crippen molar-refractivity contribution in [2.75, 3.05) is 6.54 Å². The Balaban J connectivity index is 2.65. The number of benzene rings is 1. The van der Waals surface area contributed by atoms with Crippen LogP contribution in [0.2, 0.25) is 0 Å². The Morgan fingerprint density at radius 1 is 1.29 bits per heavy atom. The fourth-order valence-electron chi connectivity index (χ4n) is 2.16. The van der Waals surface area contributed by atoms with E-state index in [0.29, 0.717) is 16.6 Å². The van der Waals surface area contributed by atoms with Crippen LogP contribution in [0.15, 0.2) is 24.3 Å². The Bertz CT molecular complexity index is 528. The molecular formula is C12H13F3N2. The molecule has 2 rings (SSSR count). The summed E-state index contributed by atoms with van der Waals surface area (Å²) in [6, 6.07) is 6.95. The number of hydrogen-bond acceptors (Lipinski definition) is 1. The van der Waals surface area contributed by atoms with Crippen molar-refractivity contribution >= 4 is 10.9 Å². The summed E-state index contributed by atoms with van der Waals surface area (Å²) in [4.78, 5) is 2.96. The molecule has 0 aliphatic carbocycles. The predicted octanol–water partition coefficient (Wildman–Crippen LogP) is 3.08. The fourth-order valence-corrected chi connectivity index (χ4v) is 2.16. The van der Waals surface area contributed by atoms with E-state index < -0.39 is 18.6 Å². The van der Waals surface area contributed by atoms with Crippen molar-refractivity contribution in [1.29, 1.82) is 0 Å². The quantitative estimate of drug-likeness (QED) is 0.834. The molecule has 0 fully saturated rings. The molecule has 1 heterocycles. The zero-order valence-corrected chi connectivity index (χ0v) is 9.31. The van der Waals surface area contributed by atoms with Crippen LogP contribution in [0.25, 0.3) is 10.9 Å². The number of aromatic nitrogens is 1. The molecule has 92 valence electrons. The summed E-state index contributed by atoms with van der Waals surface area (Å²) < 4.78 is 38.7. The SMILES string of the molecule is Cc1[nH]c2ccccc2c1C(CN)C(F)(F)F. The van der Waals surface area contributed by atoms with Gasteiger partial charge in [-0.3, -0.25) is 0 Å². The van der Waals surface area contributed by atoms with E-state index in [2.05, 4.69) is 4.98 Å². The first kappa shape index (κ1) is 12.0. The van der Waals surface area contributed by atoms with Crippen LogP contribution in [0.5, 0.6) is 0 Å². The standard InChI is InChI=1S/C12H13F3N2/c1-7-11(9(6-16)12(13,14)15)8-4-2-3-5-10(8)17-7/h2-5,9,17H,6,16H2,1H3. The number of rotatable bonds is 2. The zero-order chi connectivity index (χ0) is 12.6. The lowest BCUT2D eigenvalue weighted by atomic mass is 9.95. The second kappa shape index (κ2) is 4.07. The average Bonchev–Trinajstić information content (AvgIpc) is 2.55. The maximum absolute atomic E-state index is 12.9. The van der Waals surface area contributed by atoms with E-state index in [1.165, 1.54) is 0 Å². The van der Waals surface area contributed by atoms with Gasteiger partial charge in [-0.25, -0.2) is 0 Å². The molecule has 0 spiro atoms. The zero-order valence-electron chi connectivity index (χ0n) is 9.31. The largest absolute Gasteiger partial charge is 0.397 e. The van der Waals surface area contributed by atoms with Crippen LogP contribution in [0.1, 0.15) is 17.2 Å². The third kappa shape index (κ3) is 2.02. The second-order valence-electron chi connectivity index (χ2n) is 4.04. The topological polar surface area (TPSA) is 41.8 Å². The highest BCUT2D eigenvalue weighted by Gasteiger charge is 2.41. The minimum Gasteiger partial charge on any atom is -0.358 e. The molecule has 1 atom stereocenters. The van der Waals surface area contributed by atoms with Gasteiger partial charge in [0, 0.05) is 23.1 Å². The van der Waals surface area contributed by atoms with Crippen LogP contribution in [0, 0.1) is 6.92 Å². The first-order chi connectivity index (χ1) is 7.95. The third-order valence-corrected chi connectivity index (χ3v) is 2.92. The third-order valence-electron chi connectivity index (χ3n) is 2.92. The van der Waals surface area contributed by atoms with Crippen LogP contribution in [0.3, 0.4) is 0 Å². The summed E-state index contributed by atoms with van der Waals surface area (Å²) in [5.41, 5.74) is 6.77. The lowest BCUT2D eigenvalue weighted by Crippen LogP contribution is -2.28. The van der Waals surface area contributed by atoms with E-state index in [1.54, 1.807) is 31.2 Å². The van der Waals surface area contributed by atoms with Gasteiger partial charge < -0.3 is 10.7 Å². The van der Waals surface area contributed by atoms with Crippen LogP contribution in [-0.4, -0.2) is 17.7 Å². The molecule has 0 saturated carbocycles. The maximum Gasteiger partial charge on any atom is 0.397 e. The summed E-state index contributed by atoms with van der Waals surface area (Å²) in [7, 11) is 0. The highest BCUT2D eigenvalue weighted by Crippen LogP contribution is 2.39. The molecule has 3 N–H and O–H groups in total. The molecule has 0 bridgehead atoms. The van der Waals surface area contributed by atoms with Gasteiger partial charge in [0.25, 0.3) is 0 Å². The predicted molar refractivity (Wildman–Crippen MR) is 60.9 cm³/mol. The monoisotopic (exact) mass is 242 g/mol. The lowest BCUT2D eigenvalue weighted by Gasteiger charge is -2.19. The minimum absolute atomic E-state index is 0.260. The Kier molecular flexibility index (Phi) is 2.87. The van der Waals surface area contributed by atoms with Gasteiger partial charge in [0.15, 0.2) is 0 Å². The van der Waals surface area contributed by atoms with E-state index in [4.69, 9.17) is 5.73 Å². The highest BCUT2D eigenvalue weighted by molar-refractivity contribution is 5.85. The van der Waals surface area contributed by atoms with Crippen molar-refractivity contribution in [2.45, 2.75) is 19.0 Å². The van der Waals surface area contributed by atoms with Crippen LogP contribution in [0.4, 0.5) is 13.2 Å². The van der Waals surface area contributed by atoms with Crippen LogP contribution < -0.4 is 5.73 Å². The van der Waals surface area contributed by atoms with Gasteiger partial charge in [-0.05, 0) is 18.6 Å². The summed E-state index contributed by atoms with van der Waals surface area (Å²) >= 11 is 0. The molecule has 0 saturated heterocycles. The van der Waals surface area contributed by atoms with E-state index in [0.717, 1.165) is 0 Å². The summed E-state index contributed by atoms with van der Waals surface area (Å²) in [6.07, 6.45) is -4.32. The van der Waals surface area contributed by atoms with E-state index in [9.17, 15) is 13.2 Å². The number of aryl methyl sites for hydroxylation is 1. The van der Waals surface area contributed by atoms with Crippen molar-refractivity contribution in [3.05, 3.63) is 35.5 Å². The van der Waals surface area contributed by atoms with Gasteiger partial charge in [-0.2, -0.15) is 13.2 Å². The molecule has 1 unspecified atom stereocenters. The van der Waals surface area contributed by atoms with Crippen molar-refractivity contribution < 1.29 is 13.2 Å². The number of aromatic amines is 1. The Morgan fingerprint density at radius 3 is 2.53 bits per heavy atom. The number of para-hydroxylation sites is 1. The molecule has 1 aromatic carbocycles. The normalized spacial score (nSPS) is 14.2. The van der Waals surface area contributed by atoms with Gasteiger partial charge >= 0.3 is 6.18 Å². The second-order valence-corrected chi connectivity index (χ2v) is 4.04. The molecule has 0 aliphatic rings. The summed E-state index contributed by atoms with van der Waals surface area (Å²) in [5, 5.41) is 0.595. The molecule has 5 heteroatoms. The Morgan fingerprint density at radius 2 is 1.94 bits per heavy atom. The van der Waals surface area contributed by atoms with Crippen molar-refractivity contribution in [3.8, 4) is 0 Å². The smallest absolute Gasteiger partial charge is 0.358 e. The summed E-state index contributed by atoms with van der Waals surface area (Å²) in [5.74, 6) is -1.61.